The molecule has 0 saturated heterocycles. The normalized spacial score (nSPS) is 11.2. The number of rotatable bonds is 13. The van der Waals surface area contributed by atoms with E-state index >= 15 is 0 Å². The van der Waals surface area contributed by atoms with Gasteiger partial charge in [-0.2, -0.15) is 0 Å². The van der Waals surface area contributed by atoms with Crippen LogP contribution in [0.1, 0.15) is 53.4 Å². The van der Waals surface area contributed by atoms with Crippen LogP contribution in [0.5, 0.6) is 11.5 Å². The van der Waals surface area contributed by atoms with Crippen LogP contribution in [0.25, 0.3) is 11.1 Å². The van der Waals surface area contributed by atoms with Crippen LogP contribution in [0.4, 0.5) is 0 Å². The first kappa shape index (κ1) is 25.7. The second-order valence-corrected chi connectivity index (χ2v) is 11.6. The Bertz CT molecular complexity index is 682. The van der Waals surface area contributed by atoms with Gasteiger partial charge in [0.2, 0.25) is 0 Å². The van der Waals surface area contributed by atoms with Crippen LogP contribution < -0.4 is 0 Å². The van der Waals surface area contributed by atoms with Gasteiger partial charge in [-0.1, -0.05) is 27.7 Å². The standard InChI is InChI=1S/C24H34O2S4/c1-5-9-27-19-13-17(14-20(23(19)25)28-10-6-2)18-15-21(29-11-7-3)24(26)22(16-18)30-12-8-4/h13-16,25-26H,5-12H2,1-4H3. The molecule has 2 aromatic rings. The summed E-state index contributed by atoms with van der Waals surface area (Å²) in [7, 11) is 0. The number of phenolic OH excluding ortho intramolecular Hbond substituents is 2. The van der Waals surface area contributed by atoms with Gasteiger partial charge in [-0.25, -0.2) is 0 Å². The quantitative estimate of drug-likeness (QED) is 0.278. The smallest absolute Gasteiger partial charge is 0.142 e. The molecule has 0 heterocycles. The molecule has 0 atom stereocenters. The van der Waals surface area contributed by atoms with Gasteiger partial charge >= 0.3 is 0 Å². The summed E-state index contributed by atoms with van der Waals surface area (Å²) in [4.78, 5) is 3.80. The van der Waals surface area contributed by atoms with Gasteiger partial charge < -0.3 is 10.2 Å². The molecule has 6 heteroatoms. The first-order valence-electron chi connectivity index (χ1n) is 10.8. The molecule has 0 amide bonds. The van der Waals surface area contributed by atoms with E-state index in [-0.39, 0.29) is 0 Å². The minimum Gasteiger partial charge on any atom is -0.506 e. The van der Waals surface area contributed by atoms with Crippen molar-refractivity contribution in [1.29, 1.82) is 0 Å². The molecule has 0 aliphatic rings. The molecule has 0 unspecified atom stereocenters. The highest BCUT2D eigenvalue weighted by atomic mass is 32.2. The number of thioether (sulfide) groups is 4. The van der Waals surface area contributed by atoms with Gasteiger partial charge in [-0.05, 0) is 84.1 Å². The Morgan fingerprint density at radius 3 is 0.933 bits per heavy atom. The van der Waals surface area contributed by atoms with E-state index in [0.29, 0.717) is 11.5 Å². The Hall–Kier alpha value is -0.560. The molecule has 2 aromatic carbocycles. The molecule has 0 fully saturated rings. The third-order valence-corrected chi connectivity index (χ3v) is 9.20. The molecule has 0 aliphatic carbocycles. The van der Waals surface area contributed by atoms with Crippen molar-refractivity contribution in [2.24, 2.45) is 0 Å². The Morgan fingerprint density at radius 1 is 0.500 bits per heavy atom. The SMILES string of the molecule is CCCSc1cc(-c2cc(SCCC)c(O)c(SCCC)c2)cc(SCCC)c1O. The highest BCUT2D eigenvalue weighted by Gasteiger charge is 2.16. The number of phenols is 2. The van der Waals surface area contributed by atoms with Crippen LogP contribution in [0, 0.1) is 0 Å². The highest BCUT2D eigenvalue weighted by Crippen LogP contribution is 2.45. The Morgan fingerprint density at radius 2 is 0.733 bits per heavy atom. The Labute approximate surface area is 199 Å². The summed E-state index contributed by atoms with van der Waals surface area (Å²) in [5, 5.41) is 21.6. The molecule has 0 bridgehead atoms. The van der Waals surface area contributed by atoms with Crippen molar-refractivity contribution in [3.63, 3.8) is 0 Å². The van der Waals surface area contributed by atoms with Crippen molar-refractivity contribution in [1.82, 2.24) is 0 Å². The van der Waals surface area contributed by atoms with E-state index in [1.807, 2.05) is 0 Å². The summed E-state index contributed by atoms with van der Waals surface area (Å²) < 4.78 is 0. The van der Waals surface area contributed by atoms with Crippen LogP contribution in [0.3, 0.4) is 0 Å². The fraction of sp³-hybridized carbons (Fsp3) is 0.500. The highest BCUT2D eigenvalue weighted by molar-refractivity contribution is 8.00. The molecular formula is C24H34O2S4. The Balaban J connectivity index is 2.55. The predicted octanol–water partition coefficient (Wildman–Crippen LogP) is 8.77. The van der Waals surface area contributed by atoms with Crippen molar-refractivity contribution in [2.75, 3.05) is 23.0 Å². The average molecular weight is 483 g/mol. The first-order valence-corrected chi connectivity index (χ1v) is 14.7. The van der Waals surface area contributed by atoms with Crippen molar-refractivity contribution >= 4 is 47.0 Å². The zero-order valence-corrected chi connectivity index (χ0v) is 21.8. The lowest BCUT2D eigenvalue weighted by Crippen LogP contribution is -1.90. The predicted molar refractivity (Wildman–Crippen MR) is 139 cm³/mol. The van der Waals surface area contributed by atoms with E-state index in [1.54, 1.807) is 47.0 Å². The maximum atomic E-state index is 10.8. The molecular weight excluding hydrogens is 449 g/mol. The minimum absolute atomic E-state index is 0.413. The van der Waals surface area contributed by atoms with Gasteiger partial charge in [-0.3, -0.25) is 0 Å². The van der Waals surface area contributed by atoms with Crippen LogP contribution in [0.15, 0.2) is 43.8 Å². The molecule has 2 nitrogen and oxygen atoms in total. The molecule has 0 spiro atoms. The van der Waals surface area contributed by atoms with E-state index in [4.69, 9.17) is 0 Å². The van der Waals surface area contributed by atoms with Gasteiger partial charge in [0.1, 0.15) is 11.5 Å². The van der Waals surface area contributed by atoms with Gasteiger partial charge in [0.25, 0.3) is 0 Å². The van der Waals surface area contributed by atoms with E-state index in [0.717, 1.165) is 79.4 Å². The number of benzene rings is 2. The third-order valence-electron chi connectivity index (χ3n) is 4.26. The first-order chi connectivity index (χ1) is 14.5. The fourth-order valence-corrected chi connectivity index (χ4v) is 6.44. The van der Waals surface area contributed by atoms with Crippen LogP contribution in [0.2, 0.25) is 0 Å². The maximum Gasteiger partial charge on any atom is 0.142 e. The molecule has 30 heavy (non-hydrogen) atoms. The van der Waals surface area contributed by atoms with E-state index in [9.17, 15) is 10.2 Å². The van der Waals surface area contributed by atoms with Crippen LogP contribution in [-0.4, -0.2) is 33.2 Å². The molecule has 166 valence electrons. The summed E-state index contributed by atoms with van der Waals surface area (Å²) in [5.41, 5.74) is 2.23. The van der Waals surface area contributed by atoms with Gasteiger partial charge in [-0.15, -0.1) is 47.0 Å². The lowest BCUT2D eigenvalue weighted by atomic mass is 10.1. The largest absolute Gasteiger partial charge is 0.506 e. The summed E-state index contributed by atoms with van der Waals surface area (Å²) in [6, 6.07) is 8.45. The third kappa shape index (κ3) is 7.25. The van der Waals surface area contributed by atoms with E-state index < -0.39 is 0 Å². The van der Waals surface area contributed by atoms with Crippen molar-refractivity contribution in [3.8, 4) is 22.6 Å². The van der Waals surface area contributed by atoms with E-state index in [2.05, 4.69) is 52.0 Å². The zero-order valence-electron chi connectivity index (χ0n) is 18.5. The number of hydrogen-bond donors (Lipinski definition) is 2. The van der Waals surface area contributed by atoms with Crippen molar-refractivity contribution in [2.45, 2.75) is 73.0 Å². The monoisotopic (exact) mass is 482 g/mol. The van der Waals surface area contributed by atoms with E-state index in [1.165, 1.54) is 0 Å². The summed E-state index contributed by atoms with van der Waals surface area (Å²) in [5.74, 6) is 4.77. The lowest BCUT2D eigenvalue weighted by molar-refractivity contribution is 0.448. The van der Waals surface area contributed by atoms with Gasteiger partial charge in [0.15, 0.2) is 0 Å². The molecule has 0 radical (unpaired) electrons. The van der Waals surface area contributed by atoms with Crippen LogP contribution in [-0.2, 0) is 0 Å². The van der Waals surface area contributed by atoms with Gasteiger partial charge in [0.05, 0.1) is 19.6 Å². The van der Waals surface area contributed by atoms with Crippen molar-refractivity contribution < 1.29 is 10.2 Å². The second-order valence-electron chi connectivity index (χ2n) is 7.04. The summed E-state index contributed by atoms with van der Waals surface area (Å²) in [6.45, 7) is 8.65. The molecule has 0 saturated carbocycles. The Kier molecular flexibility index (Phi) is 11.8. The van der Waals surface area contributed by atoms with Crippen molar-refractivity contribution in [3.05, 3.63) is 24.3 Å². The molecule has 0 aliphatic heterocycles. The molecule has 0 aromatic heterocycles. The molecule has 2 N–H and O–H groups in total. The summed E-state index contributed by atoms with van der Waals surface area (Å²) >= 11 is 6.88. The average Bonchev–Trinajstić information content (AvgIpc) is 2.76. The topological polar surface area (TPSA) is 40.5 Å². The van der Waals surface area contributed by atoms with Gasteiger partial charge in [0, 0.05) is 0 Å². The fourth-order valence-electron chi connectivity index (χ4n) is 2.79. The number of hydrogen-bond acceptors (Lipinski definition) is 6. The van der Waals surface area contributed by atoms with Crippen LogP contribution >= 0.6 is 47.0 Å². The molecule has 2 rings (SSSR count). The summed E-state index contributed by atoms with van der Waals surface area (Å²) in [6.07, 6.45) is 4.28. The lowest BCUT2D eigenvalue weighted by Gasteiger charge is -2.16. The second kappa shape index (κ2) is 13.8. The minimum atomic E-state index is 0.413. The maximum absolute atomic E-state index is 10.8. The number of aromatic hydroxyl groups is 2. The zero-order chi connectivity index (χ0) is 21.9.